The Morgan fingerprint density at radius 2 is 1.88 bits per heavy atom. The highest BCUT2D eigenvalue weighted by Gasteiger charge is 2.32. The van der Waals surface area contributed by atoms with E-state index < -0.39 is 16.1 Å². The number of carbonyl (C=O) groups is 1. The molecule has 1 aromatic rings. The van der Waals surface area contributed by atoms with Crippen LogP contribution in [0.4, 0.5) is 5.69 Å². The molecule has 1 saturated heterocycles. The van der Waals surface area contributed by atoms with Gasteiger partial charge in [0, 0.05) is 11.1 Å². The Hall–Kier alpha value is -1.31. The molecule has 25 heavy (non-hydrogen) atoms. The minimum absolute atomic E-state index is 0.0874. The minimum Gasteiger partial charge on any atom is -0.351 e. The summed E-state index contributed by atoms with van der Waals surface area (Å²) in [7, 11) is -1.56. The van der Waals surface area contributed by atoms with Crippen molar-refractivity contribution in [3.8, 4) is 0 Å². The van der Waals surface area contributed by atoms with Gasteiger partial charge in [-0.15, -0.1) is 0 Å². The van der Waals surface area contributed by atoms with Gasteiger partial charge in [-0.05, 0) is 63.7 Å². The molecule has 0 unspecified atom stereocenters. The molecule has 1 fully saturated rings. The van der Waals surface area contributed by atoms with Crippen LogP contribution in [0.25, 0.3) is 0 Å². The summed E-state index contributed by atoms with van der Waals surface area (Å²) in [6.45, 7) is 3.66. The molecule has 8 heteroatoms. The molecule has 0 bridgehead atoms. The van der Waals surface area contributed by atoms with E-state index in [-0.39, 0.29) is 11.9 Å². The monoisotopic (exact) mass is 387 g/mol. The van der Waals surface area contributed by atoms with Crippen LogP contribution in [0.1, 0.15) is 26.2 Å². The van der Waals surface area contributed by atoms with Crippen LogP contribution in [0.3, 0.4) is 0 Å². The third-order valence-corrected chi connectivity index (χ3v) is 5.91. The van der Waals surface area contributed by atoms with E-state index in [2.05, 4.69) is 17.3 Å². The number of nitrogens with zero attached hydrogens (tertiary/aromatic N) is 2. The van der Waals surface area contributed by atoms with Crippen LogP contribution >= 0.6 is 11.6 Å². The largest absolute Gasteiger partial charge is 0.351 e. The molecular formula is C17H26ClN3O3S. The summed E-state index contributed by atoms with van der Waals surface area (Å²) in [5.74, 6) is -0.252. The van der Waals surface area contributed by atoms with Crippen molar-refractivity contribution in [1.29, 1.82) is 0 Å². The number of rotatable bonds is 6. The molecule has 1 N–H and O–H groups in total. The number of benzene rings is 1. The van der Waals surface area contributed by atoms with Crippen molar-refractivity contribution in [3.63, 3.8) is 0 Å². The first-order chi connectivity index (χ1) is 11.7. The molecule has 0 aromatic heterocycles. The normalized spacial score (nSPS) is 17.9. The highest BCUT2D eigenvalue weighted by atomic mass is 35.5. The predicted molar refractivity (Wildman–Crippen MR) is 102 cm³/mol. The van der Waals surface area contributed by atoms with E-state index in [1.165, 1.54) is 4.31 Å². The van der Waals surface area contributed by atoms with Gasteiger partial charge in [0.05, 0.1) is 11.9 Å². The Morgan fingerprint density at radius 1 is 1.32 bits per heavy atom. The second-order valence-electron chi connectivity index (χ2n) is 6.55. The molecule has 0 radical (unpaired) electrons. The summed E-state index contributed by atoms with van der Waals surface area (Å²) in [4.78, 5) is 15.0. The minimum atomic E-state index is -3.62. The average Bonchev–Trinajstić information content (AvgIpc) is 2.54. The standard InChI is InChI=1S/C17H26ClN3O3S/c1-4-16(17(22)19-14-9-11-20(2)12-10-14)21(25(3,23)24)15-7-5-13(18)6-8-15/h5-8,14,16H,4,9-12H2,1-3H3,(H,19,22)/t16-/m1/s1. The third kappa shape index (κ3) is 5.33. The third-order valence-electron chi connectivity index (χ3n) is 4.48. The lowest BCUT2D eigenvalue weighted by molar-refractivity contribution is -0.123. The van der Waals surface area contributed by atoms with Crippen molar-refractivity contribution >= 4 is 33.2 Å². The van der Waals surface area contributed by atoms with Gasteiger partial charge in [0.1, 0.15) is 6.04 Å². The number of piperidine rings is 1. The summed E-state index contributed by atoms with van der Waals surface area (Å²) in [5.41, 5.74) is 0.442. The molecule has 1 aliphatic heterocycles. The maximum absolute atomic E-state index is 12.8. The van der Waals surface area contributed by atoms with E-state index >= 15 is 0 Å². The Bertz CT molecular complexity index is 686. The fourth-order valence-corrected chi connectivity index (χ4v) is 4.44. The van der Waals surface area contributed by atoms with E-state index in [9.17, 15) is 13.2 Å². The highest BCUT2D eigenvalue weighted by molar-refractivity contribution is 7.92. The van der Waals surface area contributed by atoms with Crippen LogP contribution in [0, 0.1) is 0 Å². The summed E-state index contributed by atoms with van der Waals surface area (Å²) >= 11 is 5.90. The Kier molecular flexibility index (Phi) is 6.71. The van der Waals surface area contributed by atoms with Gasteiger partial charge in [0.2, 0.25) is 15.9 Å². The van der Waals surface area contributed by atoms with Gasteiger partial charge in [-0.2, -0.15) is 0 Å². The second kappa shape index (κ2) is 8.38. The zero-order valence-corrected chi connectivity index (χ0v) is 16.5. The van der Waals surface area contributed by atoms with Crippen LogP contribution in [0.2, 0.25) is 5.02 Å². The number of hydrogen-bond acceptors (Lipinski definition) is 4. The fraction of sp³-hybridized carbons (Fsp3) is 0.588. The molecule has 0 spiro atoms. The summed E-state index contributed by atoms with van der Waals surface area (Å²) in [6.07, 6.45) is 3.25. The van der Waals surface area contributed by atoms with Gasteiger partial charge in [0.15, 0.2) is 0 Å². The predicted octanol–water partition coefficient (Wildman–Crippen LogP) is 2.10. The summed E-state index contributed by atoms with van der Waals surface area (Å²) in [6, 6.07) is 5.79. The first-order valence-electron chi connectivity index (χ1n) is 8.46. The molecule has 0 aliphatic carbocycles. The van der Waals surface area contributed by atoms with Crippen LogP contribution in [0.15, 0.2) is 24.3 Å². The summed E-state index contributed by atoms with van der Waals surface area (Å²) < 4.78 is 25.9. The van der Waals surface area contributed by atoms with Crippen LogP contribution in [-0.4, -0.2) is 57.7 Å². The zero-order valence-electron chi connectivity index (χ0n) is 14.9. The van der Waals surface area contributed by atoms with Gasteiger partial charge in [0.25, 0.3) is 0 Å². The van der Waals surface area contributed by atoms with Gasteiger partial charge >= 0.3 is 0 Å². The number of likely N-dealkylation sites (tertiary alicyclic amines) is 1. The molecule has 140 valence electrons. The van der Waals surface area contributed by atoms with Crippen molar-refractivity contribution in [1.82, 2.24) is 10.2 Å². The highest BCUT2D eigenvalue weighted by Crippen LogP contribution is 2.24. The number of nitrogens with one attached hydrogen (secondary N) is 1. The van der Waals surface area contributed by atoms with Crippen molar-refractivity contribution in [2.24, 2.45) is 0 Å². The van der Waals surface area contributed by atoms with Gasteiger partial charge < -0.3 is 10.2 Å². The molecule has 1 heterocycles. The Balaban J connectivity index is 2.21. The lowest BCUT2D eigenvalue weighted by atomic mass is 10.0. The van der Waals surface area contributed by atoms with Crippen LogP contribution in [0.5, 0.6) is 0 Å². The van der Waals surface area contributed by atoms with Crippen molar-refractivity contribution in [2.75, 3.05) is 30.7 Å². The maximum Gasteiger partial charge on any atom is 0.244 e. The van der Waals surface area contributed by atoms with Crippen molar-refractivity contribution < 1.29 is 13.2 Å². The van der Waals surface area contributed by atoms with E-state index in [0.717, 1.165) is 32.2 Å². The first kappa shape index (κ1) is 20.0. The summed E-state index contributed by atoms with van der Waals surface area (Å²) in [5, 5.41) is 3.54. The Labute approximate surface area is 155 Å². The number of anilines is 1. The first-order valence-corrected chi connectivity index (χ1v) is 10.7. The molecule has 1 aromatic carbocycles. The Morgan fingerprint density at radius 3 is 2.36 bits per heavy atom. The van der Waals surface area contributed by atoms with Crippen LogP contribution in [-0.2, 0) is 14.8 Å². The molecular weight excluding hydrogens is 362 g/mol. The zero-order chi connectivity index (χ0) is 18.6. The lowest BCUT2D eigenvalue weighted by Gasteiger charge is -2.34. The van der Waals surface area contributed by atoms with Gasteiger partial charge in [-0.25, -0.2) is 8.42 Å². The topological polar surface area (TPSA) is 69.7 Å². The van der Waals surface area contributed by atoms with Crippen molar-refractivity contribution in [2.45, 2.75) is 38.3 Å². The van der Waals surface area contributed by atoms with E-state index in [4.69, 9.17) is 11.6 Å². The number of hydrogen-bond donors (Lipinski definition) is 1. The van der Waals surface area contributed by atoms with Crippen molar-refractivity contribution in [3.05, 3.63) is 29.3 Å². The smallest absolute Gasteiger partial charge is 0.244 e. The SMILES string of the molecule is CC[C@H](C(=O)NC1CCN(C)CC1)N(c1ccc(Cl)cc1)S(C)(=O)=O. The average molecular weight is 388 g/mol. The quantitative estimate of drug-likeness (QED) is 0.811. The molecule has 2 rings (SSSR count). The van der Waals surface area contributed by atoms with Gasteiger partial charge in [-0.3, -0.25) is 9.10 Å². The molecule has 1 atom stereocenters. The van der Waals surface area contributed by atoms with Crippen LogP contribution < -0.4 is 9.62 Å². The molecule has 6 nitrogen and oxygen atoms in total. The molecule has 1 amide bonds. The lowest BCUT2D eigenvalue weighted by Crippen LogP contribution is -2.53. The molecule has 1 aliphatic rings. The van der Waals surface area contributed by atoms with E-state index in [1.54, 1.807) is 24.3 Å². The van der Waals surface area contributed by atoms with E-state index in [1.807, 2.05) is 6.92 Å². The number of amides is 1. The second-order valence-corrected chi connectivity index (χ2v) is 8.84. The maximum atomic E-state index is 12.8. The fourth-order valence-electron chi connectivity index (χ4n) is 3.10. The number of carbonyl (C=O) groups excluding carboxylic acids is 1. The van der Waals surface area contributed by atoms with Gasteiger partial charge in [-0.1, -0.05) is 18.5 Å². The van der Waals surface area contributed by atoms with E-state index in [0.29, 0.717) is 17.1 Å². The molecule has 0 saturated carbocycles. The number of halogens is 1. The number of sulfonamides is 1.